The van der Waals surface area contributed by atoms with Gasteiger partial charge in [0.05, 0.1) is 35.8 Å². The lowest BCUT2D eigenvalue weighted by molar-refractivity contribution is -0.149. The smallest absolute Gasteiger partial charge is 0.312 e. The lowest BCUT2D eigenvalue weighted by Gasteiger charge is -2.42. The quantitative estimate of drug-likeness (QED) is 0.499. The number of benzene rings is 2. The summed E-state index contributed by atoms with van der Waals surface area (Å²) in [6.07, 6.45) is 2.04. The van der Waals surface area contributed by atoms with E-state index in [-0.39, 0.29) is 0 Å². The number of ether oxygens (including phenoxy) is 2. The van der Waals surface area contributed by atoms with Gasteiger partial charge < -0.3 is 14.6 Å². The second kappa shape index (κ2) is 7.58. The fourth-order valence-electron chi connectivity index (χ4n) is 5.75. The van der Waals surface area contributed by atoms with Crippen molar-refractivity contribution < 1.29 is 19.4 Å². The second-order valence-electron chi connectivity index (χ2n) is 8.42. The molecule has 1 aromatic heterocycles. The summed E-state index contributed by atoms with van der Waals surface area (Å²) < 4.78 is 12.8. The molecule has 2 heterocycles. The number of aliphatic hydroxyl groups is 1. The highest BCUT2D eigenvalue weighted by Crippen LogP contribution is 2.70. The lowest BCUT2D eigenvalue weighted by Crippen LogP contribution is -2.50. The normalized spacial score (nSPS) is 30.3. The highest BCUT2D eigenvalue weighted by molar-refractivity contribution is 9.10. The van der Waals surface area contributed by atoms with Crippen LogP contribution >= 0.6 is 27.5 Å². The molecule has 5 rings (SSSR count). The molecule has 7 heteroatoms. The number of hydrogen-bond acceptors (Lipinski definition) is 5. The number of nitrogens with zero attached hydrogens (tertiary/aromatic N) is 1. The van der Waals surface area contributed by atoms with Crippen molar-refractivity contribution in [2.24, 2.45) is 5.92 Å². The second-order valence-corrected chi connectivity index (χ2v) is 9.75. The molecule has 2 aromatic carbocycles. The Hall–Kier alpha value is -2.41. The third kappa shape index (κ3) is 2.66. The first-order valence-corrected chi connectivity index (χ1v) is 11.4. The van der Waals surface area contributed by atoms with Crippen molar-refractivity contribution in [2.75, 3.05) is 7.11 Å². The van der Waals surface area contributed by atoms with Crippen LogP contribution < -0.4 is 4.74 Å². The number of aliphatic hydroxyl groups excluding tert-OH is 1. The molecule has 1 aliphatic heterocycles. The Balaban J connectivity index is 1.89. The minimum atomic E-state index is -1.12. The van der Waals surface area contributed by atoms with Crippen LogP contribution in [0.15, 0.2) is 71.5 Å². The van der Waals surface area contributed by atoms with E-state index in [1.807, 2.05) is 61.5 Å². The van der Waals surface area contributed by atoms with Crippen LogP contribution in [-0.4, -0.2) is 29.3 Å². The topological polar surface area (TPSA) is 68.7 Å². The summed E-state index contributed by atoms with van der Waals surface area (Å²) in [5.41, 5.74) is 0.176. The number of hydrogen-bond donors (Lipinski definition) is 1. The number of carbonyl (C=O) groups excluding carboxylic acids is 1. The summed E-state index contributed by atoms with van der Waals surface area (Å²) in [4.78, 5) is 17.3. The number of fused-ring (bicyclic) bond motifs is 3. The Morgan fingerprint density at radius 2 is 1.84 bits per heavy atom. The maximum Gasteiger partial charge on any atom is 0.312 e. The Morgan fingerprint density at radius 3 is 2.50 bits per heavy atom. The molecule has 0 unspecified atom stereocenters. The number of methoxy groups -OCH3 is 1. The van der Waals surface area contributed by atoms with Gasteiger partial charge in [-0.05, 0) is 30.2 Å². The van der Waals surface area contributed by atoms with Crippen molar-refractivity contribution in [3.05, 3.63) is 93.2 Å². The van der Waals surface area contributed by atoms with Gasteiger partial charge in [-0.2, -0.15) is 0 Å². The maximum absolute atomic E-state index is 13.1. The molecule has 2 aliphatic rings. The van der Waals surface area contributed by atoms with Crippen molar-refractivity contribution >= 4 is 33.5 Å². The molecule has 0 radical (unpaired) electrons. The molecule has 5 nitrogen and oxygen atoms in total. The van der Waals surface area contributed by atoms with Crippen LogP contribution in [0.25, 0.3) is 0 Å². The zero-order valence-electron chi connectivity index (χ0n) is 17.5. The summed E-state index contributed by atoms with van der Waals surface area (Å²) in [7, 11) is 1.34. The summed E-state index contributed by atoms with van der Waals surface area (Å²) in [5, 5.41) is 12.2. The van der Waals surface area contributed by atoms with E-state index < -0.39 is 34.9 Å². The number of carbonyl (C=O) groups is 1. The third-order valence-electron chi connectivity index (χ3n) is 7.06. The van der Waals surface area contributed by atoms with E-state index >= 15 is 0 Å². The third-order valence-corrected chi connectivity index (χ3v) is 7.88. The van der Waals surface area contributed by atoms with Crippen LogP contribution in [0, 0.1) is 5.92 Å². The molecule has 164 valence electrons. The summed E-state index contributed by atoms with van der Waals surface area (Å²) in [6, 6.07) is 17.4. The Bertz CT molecular complexity index is 1190. The Morgan fingerprint density at radius 1 is 1.16 bits per heavy atom. The zero-order chi connectivity index (χ0) is 22.7. The standard InChI is InChI=1S/C25H21BrClNO4/c1-24-21-17(27)12-28-13-18(21)32-25(24,15-8-10-16(26)11-9-15)20(14-6-4-3-5-7-14)19(22(24)29)23(30)31-2/h3-13,19-20,22,29H,1-2H3/t19-,20-,22-,24-,25+/m1/s1. The molecule has 0 saturated heterocycles. The van der Waals surface area contributed by atoms with Crippen LogP contribution in [-0.2, 0) is 20.5 Å². The van der Waals surface area contributed by atoms with Crippen LogP contribution in [0.3, 0.4) is 0 Å². The Kier molecular flexibility index (Phi) is 5.08. The van der Waals surface area contributed by atoms with Gasteiger partial charge in [-0.1, -0.05) is 70.0 Å². The van der Waals surface area contributed by atoms with Crippen molar-refractivity contribution in [1.29, 1.82) is 0 Å². The van der Waals surface area contributed by atoms with E-state index in [1.54, 1.807) is 12.4 Å². The number of aromatic nitrogens is 1. The molecule has 0 bridgehead atoms. The molecule has 0 amide bonds. The van der Waals surface area contributed by atoms with Gasteiger partial charge in [0.1, 0.15) is 5.75 Å². The average molecular weight is 515 g/mol. The first-order valence-electron chi connectivity index (χ1n) is 10.3. The number of halogens is 2. The van der Waals surface area contributed by atoms with Crippen molar-refractivity contribution in [3.8, 4) is 5.75 Å². The van der Waals surface area contributed by atoms with Crippen LogP contribution in [0.2, 0.25) is 5.02 Å². The van der Waals surface area contributed by atoms with Crippen molar-refractivity contribution in [2.45, 2.75) is 30.0 Å². The van der Waals surface area contributed by atoms with Crippen molar-refractivity contribution in [1.82, 2.24) is 4.98 Å². The first kappa shape index (κ1) is 21.4. The number of esters is 1. The molecule has 1 aliphatic carbocycles. The van der Waals surface area contributed by atoms with Gasteiger partial charge >= 0.3 is 5.97 Å². The molecule has 3 aromatic rings. The van der Waals surface area contributed by atoms with Gasteiger partial charge in [-0.3, -0.25) is 9.78 Å². The van der Waals surface area contributed by atoms with Gasteiger partial charge in [0.15, 0.2) is 5.60 Å². The Labute approximate surface area is 199 Å². The molecular formula is C25H21BrClNO4. The number of pyridine rings is 1. The molecule has 5 atom stereocenters. The minimum absolute atomic E-state index is 0.389. The first-order chi connectivity index (χ1) is 15.4. The predicted molar refractivity (Wildman–Crippen MR) is 124 cm³/mol. The summed E-state index contributed by atoms with van der Waals surface area (Å²) in [5.74, 6) is -1.39. The average Bonchev–Trinajstić information content (AvgIpc) is 3.18. The van der Waals surface area contributed by atoms with E-state index in [2.05, 4.69) is 20.9 Å². The van der Waals surface area contributed by atoms with E-state index in [1.165, 1.54) is 7.11 Å². The van der Waals surface area contributed by atoms with Gasteiger partial charge in [-0.25, -0.2) is 0 Å². The maximum atomic E-state index is 13.1. The van der Waals surface area contributed by atoms with E-state index in [0.717, 1.165) is 15.6 Å². The molecular weight excluding hydrogens is 494 g/mol. The monoisotopic (exact) mass is 513 g/mol. The van der Waals surface area contributed by atoms with Crippen LogP contribution in [0.1, 0.15) is 29.5 Å². The minimum Gasteiger partial charge on any atom is -0.479 e. The van der Waals surface area contributed by atoms with E-state index in [0.29, 0.717) is 16.3 Å². The van der Waals surface area contributed by atoms with Gasteiger partial charge in [0.25, 0.3) is 0 Å². The highest BCUT2D eigenvalue weighted by atomic mass is 79.9. The van der Waals surface area contributed by atoms with Crippen molar-refractivity contribution in [3.63, 3.8) is 0 Å². The summed E-state index contributed by atoms with van der Waals surface area (Å²) in [6.45, 7) is 1.91. The van der Waals surface area contributed by atoms with Gasteiger partial charge in [0, 0.05) is 22.2 Å². The van der Waals surface area contributed by atoms with Crippen LogP contribution in [0.4, 0.5) is 0 Å². The number of rotatable bonds is 3. The molecule has 32 heavy (non-hydrogen) atoms. The fraction of sp³-hybridized carbons (Fsp3) is 0.280. The zero-order valence-corrected chi connectivity index (χ0v) is 19.8. The summed E-state index contributed by atoms with van der Waals surface area (Å²) >= 11 is 10.1. The molecule has 1 saturated carbocycles. The lowest BCUT2D eigenvalue weighted by atomic mass is 9.65. The molecule has 1 fully saturated rings. The van der Waals surface area contributed by atoms with E-state index in [4.69, 9.17) is 21.1 Å². The SMILES string of the molecule is COC(=O)[C@H]1[C@@H](O)[C@@]2(C)c3c(Cl)cncc3O[C@@]2(c2ccc(Br)cc2)[C@@H]1c1ccccc1. The fourth-order valence-corrected chi connectivity index (χ4v) is 6.36. The molecule has 1 N–H and O–H groups in total. The highest BCUT2D eigenvalue weighted by Gasteiger charge is 2.76. The van der Waals surface area contributed by atoms with Crippen LogP contribution in [0.5, 0.6) is 5.75 Å². The van der Waals surface area contributed by atoms with Gasteiger partial charge in [-0.15, -0.1) is 0 Å². The van der Waals surface area contributed by atoms with Gasteiger partial charge in [0.2, 0.25) is 0 Å². The molecule has 0 spiro atoms. The predicted octanol–water partition coefficient (Wildman–Crippen LogP) is 4.99. The largest absolute Gasteiger partial charge is 0.479 e. The van der Waals surface area contributed by atoms with E-state index in [9.17, 15) is 9.90 Å².